The number of benzene rings is 2. The van der Waals surface area contributed by atoms with Crippen molar-refractivity contribution < 1.29 is 19.4 Å². The van der Waals surface area contributed by atoms with Crippen molar-refractivity contribution in [3.63, 3.8) is 0 Å². The number of rotatable bonds is 5. The van der Waals surface area contributed by atoms with Crippen molar-refractivity contribution in [2.24, 2.45) is 0 Å². The maximum atomic E-state index is 11.3. The summed E-state index contributed by atoms with van der Waals surface area (Å²) in [5, 5.41) is 9.31. The second-order valence-corrected chi connectivity index (χ2v) is 5.57. The summed E-state index contributed by atoms with van der Waals surface area (Å²) in [5.41, 5.74) is 3.44. The van der Waals surface area contributed by atoms with E-state index in [0.29, 0.717) is 18.7 Å². The summed E-state index contributed by atoms with van der Waals surface area (Å²) in [5.74, 6) is 0.660. The minimum absolute atomic E-state index is 0.395. The first kappa shape index (κ1) is 15.4. The number of hydrogen-bond acceptors (Lipinski definition) is 4. The number of nitrogens with zero attached hydrogens (tertiary/aromatic N) is 1. The fourth-order valence-electron chi connectivity index (χ4n) is 3.03. The molecule has 120 valence electrons. The van der Waals surface area contributed by atoms with Crippen LogP contribution in [0.4, 0.5) is 0 Å². The van der Waals surface area contributed by atoms with E-state index in [4.69, 9.17) is 9.47 Å². The van der Waals surface area contributed by atoms with Crippen LogP contribution in [-0.4, -0.2) is 30.2 Å². The van der Waals surface area contributed by atoms with Crippen LogP contribution in [-0.2, 0) is 19.6 Å². The standard InChI is InChI=1S/C18H19NO4/c1-22-14-7-6-13(17(8-14)23-2)10-19-9-12-4-3-5-15(18(20)21)16(12)11-19/h3-8H,9-11H2,1-2H3,(H,20,21). The first-order valence-electron chi connectivity index (χ1n) is 7.39. The van der Waals surface area contributed by atoms with E-state index in [2.05, 4.69) is 4.90 Å². The smallest absolute Gasteiger partial charge is 0.336 e. The second-order valence-electron chi connectivity index (χ2n) is 5.57. The number of fused-ring (bicyclic) bond motifs is 1. The monoisotopic (exact) mass is 313 g/mol. The van der Waals surface area contributed by atoms with Crippen molar-refractivity contribution in [3.05, 3.63) is 58.7 Å². The predicted molar refractivity (Wildman–Crippen MR) is 85.9 cm³/mol. The number of methoxy groups -OCH3 is 2. The molecule has 2 aromatic rings. The topological polar surface area (TPSA) is 59.0 Å². The van der Waals surface area contributed by atoms with E-state index in [1.165, 1.54) is 0 Å². The largest absolute Gasteiger partial charge is 0.497 e. The van der Waals surface area contributed by atoms with Crippen LogP contribution < -0.4 is 9.47 Å². The first-order valence-corrected chi connectivity index (χ1v) is 7.39. The lowest BCUT2D eigenvalue weighted by atomic mass is 10.0. The molecule has 1 heterocycles. The highest BCUT2D eigenvalue weighted by Gasteiger charge is 2.24. The molecular weight excluding hydrogens is 294 g/mol. The number of carbonyl (C=O) groups is 1. The van der Waals surface area contributed by atoms with Gasteiger partial charge in [-0.05, 0) is 23.3 Å². The van der Waals surface area contributed by atoms with Crippen molar-refractivity contribution in [1.82, 2.24) is 4.90 Å². The van der Waals surface area contributed by atoms with Crippen LogP contribution in [0.3, 0.4) is 0 Å². The van der Waals surface area contributed by atoms with Gasteiger partial charge in [-0.3, -0.25) is 4.90 Å². The summed E-state index contributed by atoms with van der Waals surface area (Å²) < 4.78 is 10.7. The zero-order chi connectivity index (χ0) is 16.4. The van der Waals surface area contributed by atoms with Crippen molar-refractivity contribution in [1.29, 1.82) is 0 Å². The summed E-state index contributed by atoms with van der Waals surface area (Å²) in [7, 11) is 3.26. The molecule has 5 nitrogen and oxygen atoms in total. The first-order chi connectivity index (χ1) is 11.1. The Morgan fingerprint density at radius 1 is 1.17 bits per heavy atom. The zero-order valence-corrected chi connectivity index (χ0v) is 13.2. The van der Waals surface area contributed by atoms with Crippen LogP contribution in [0.25, 0.3) is 0 Å². The Labute approximate surface area is 135 Å². The van der Waals surface area contributed by atoms with E-state index in [9.17, 15) is 9.90 Å². The molecule has 0 aliphatic carbocycles. The van der Waals surface area contributed by atoms with Gasteiger partial charge in [0.1, 0.15) is 11.5 Å². The predicted octanol–water partition coefficient (Wildman–Crippen LogP) is 2.92. The summed E-state index contributed by atoms with van der Waals surface area (Å²) in [4.78, 5) is 13.6. The Hall–Kier alpha value is -2.53. The van der Waals surface area contributed by atoms with Crippen LogP contribution >= 0.6 is 0 Å². The molecule has 1 N–H and O–H groups in total. The summed E-state index contributed by atoms with van der Waals surface area (Å²) in [6.45, 7) is 2.07. The normalized spacial score (nSPS) is 13.7. The van der Waals surface area contributed by atoms with Crippen molar-refractivity contribution >= 4 is 5.97 Å². The van der Waals surface area contributed by atoms with Crippen LogP contribution in [0, 0.1) is 0 Å². The van der Waals surface area contributed by atoms with E-state index in [0.717, 1.165) is 34.7 Å². The minimum Gasteiger partial charge on any atom is -0.497 e. The Bertz CT molecular complexity index is 742. The highest BCUT2D eigenvalue weighted by Crippen LogP contribution is 2.31. The third kappa shape index (κ3) is 3.00. The molecule has 5 heteroatoms. The van der Waals surface area contributed by atoms with Crippen LogP contribution in [0.15, 0.2) is 36.4 Å². The van der Waals surface area contributed by atoms with E-state index in [1.807, 2.05) is 24.3 Å². The molecule has 3 rings (SSSR count). The molecule has 1 aliphatic heterocycles. The van der Waals surface area contributed by atoms with E-state index >= 15 is 0 Å². The van der Waals surface area contributed by atoms with Gasteiger partial charge in [0.25, 0.3) is 0 Å². The molecule has 23 heavy (non-hydrogen) atoms. The summed E-state index contributed by atoms with van der Waals surface area (Å²) in [6, 6.07) is 11.2. The average molecular weight is 313 g/mol. The molecule has 0 bridgehead atoms. The average Bonchev–Trinajstić information content (AvgIpc) is 2.97. The van der Waals surface area contributed by atoms with E-state index in [1.54, 1.807) is 26.4 Å². The zero-order valence-electron chi connectivity index (χ0n) is 13.2. The lowest BCUT2D eigenvalue weighted by Crippen LogP contribution is -2.16. The van der Waals surface area contributed by atoms with Gasteiger partial charge in [0.2, 0.25) is 0 Å². The van der Waals surface area contributed by atoms with Gasteiger partial charge >= 0.3 is 5.97 Å². The lowest BCUT2D eigenvalue weighted by molar-refractivity contribution is 0.0695. The van der Waals surface area contributed by atoms with Gasteiger partial charge in [0.15, 0.2) is 0 Å². The number of hydrogen-bond donors (Lipinski definition) is 1. The second kappa shape index (κ2) is 6.30. The third-order valence-electron chi connectivity index (χ3n) is 4.17. The third-order valence-corrected chi connectivity index (χ3v) is 4.17. The van der Waals surface area contributed by atoms with Gasteiger partial charge in [-0.25, -0.2) is 4.79 Å². The van der Waals surface area contributed by atoms with Gasteiger partial charge in [-0.1, -0.05) is 18.2 Å². The van der Waals surface area contributed by atoms with Gasteiger partial charge in [-0.15, -0.1) is 0 Å². The Balaban J connectivity index is 1.81. The molecule has 0 spiro atoms. The SMILES string of the molecule is COc1ccc(CN2Cc3cccc(C(=O)O)c3C2)c(OC)c1. The molecule has 1 aliphatic rings. The number of ether oxygens (including phenoxy) is 2. The van der Waals surface area contributed by atoms with Crippen LogP contribution in [0.2, 0.25) is 0 Å². The molecule has 0 radical (unpaired) electrons. The van der Waals surface area contributed by atoms with Gasteiger partial charge < -0.3 is 14.6 Å². The highest BCUT2D eigenvalue weighted by molar-refractivity contribution is 5.90. The molecule has 0 fully saturated rings. The molecule has 0 unspecified atom stereocenters. The molecule has 0 aromatic heterocycles. The van der Waals surface area contributed by atoms with Crippen molar-refractivity contribution in [2.75, 3.05) is 14.2 Å². The number of aromatic carboxylic acids is 1. The van der Waals surface area contributed by atoms with Crippen LogP contribution in [0.5, 0.6) is 11.5 Å². The Kier molecular flexibility index (Phi) is 4.21. The van der Waals surface area contributed by atoms with Crippen LogP contribution in [0.1, 0.15) is 27.0 Å². The Morgan fingerprint density at radius 3 is 2.70 bits per heavy atom. The minimum atomic E-state index is -0.870. The molecule has 0 saturated heterocycles. The molecular formula is C18H19NO4. The van der Waals surface area contributed by atoms with Crippen molar-refractivity contribution in [3.8, 4) is 11.5 Å². The summed E-state index contributed by atoms with van der Waals surface area (Å²) >= 11 is 0. The fraction of sp³-hybridized carbons (Fsp3) is 0.278. The van der Waals surface area contributed by atoms with Gasteiger partial charge in [-0.2, -0.15) is 0 Å². The maximum absolute atomic E-state index is 11.3. The lowest BCUT2D eigenvalue weighted by Gasteiger charge is -2.17. The summed E-state index contributed by atoms with van der Waals surface area (Å²) in [6.07, 6.45) is 0. The Morgan fingerprint density at radius 2 is 2.00 bits per heavy atom. The van der Waals surface area contributed by atoms with Crippen molar-refractivity contribution in [2.45, 2.75) is 19.6 Å². The molecule has 0 amide bonds. The molecule has 2 aromatic carbocycles. The van der Waals surface area contributed by atoms with Gasteiger partial charge in [0.05, 0.1) is 19.8 Å². The highest BCUT2D eigenvalue weighted by atomic mass is 16.5. The van der Waals surface area contributed by atoms with Gasteiger partial charge in [0, 0.05) is 31.3 Å². The fourth-order valence-corrected chi connectivity index (χ4v) is 3.03. The number of carboxylic acid groups (broad SMARTS) is 1. The number of carboxylic acids is 1. The maximum Gasteiger partial charge on any atom is 0.336 e. The quantitative estimate of drug-likeness (QED) is 0.920. The van der Waals surface area contributed by atoms with E-state index < -0.39 is 5.97 Å². The molecule has 0 saturated carbocycles. The molecule has 0 atom stereocenters. The van der Waals surface area contributed by atoms with E-state index in [-0.39, 0.29) is 0 Å².